The van der Waals surface area contributed by atoms with Gasteiger partial charge >= 0.3 is 0 Å². The van der Waals surface area contributed by atoms with E-state index in [1.807, 2.05) is 11.3 Å². The average Bonchev–Trinajstić information content (AvgIpc) is 2.89. The summed E-state index contributed by atoms with van der Waals surface area (Å²) in [5.74, 6) is 0. The lowest BCUT2D eigenvalue weighted by molar-refractivity contribution is 0.0526. The summed E-state index contributed by atoms with van der Waals surface area (Å²) < 4.78 is 5.81. The molecule has 1 aromatic heterocycles. The third-order valence-electron chi connectivity index (χ3n) is 3.84. The predicted octanol–water partition coefficient (Wildman–Crippen LogP) is 3.21. The molecule has 5 heteroatoms. The van der Waals surface area contributed by atoms with Gasteiger partial charge in [-0.15, -0.1) is 11.3 Å². The van der Waals surface area contributed by atoms with E-state index >= 15 is 0 Å². The van der Waals surface area contributed by atoms with Gasteiger partial charge in [0.15, 0.2) is 5.13 Å². The zero-order valence-electron chi connectivity index (χ0n) is 13.7. The highest BCUT2D eigenvalue weighted by molar-refractivity contribution is 7.15. The molecular weight excluding hydrogens is 282 g/mol. The van der Waals surface area contributed by atoms with Crippen LogP contribution >= 0.6 is 11.3 Å². The van der Waals surface area contributed by atoms with Gasteiger partial charge in [0, 0.05) is 31.1 Å². The van der Waals surface area contributed by atoms with Crippen LogP contribution in [0.1, 0.15) is 50.6 Å². The van der Waals surface area contributed by atoms with Crippen LogP contribution in [0.15, 0.2) is 0 Å². The van der Waals surface area contributed by atoms with E-state index in [0.29, 0.717) is 6.10 Å². The largest absolute Gasteiger partial charge is 0.377 e. The van der Waals surface area contributed by atoms with Crippen molar-refractivity contribution in [3.05, 3.63) is 10.6 Å². The number of thiazole rings is 1. The van der Waals surface area contributed by atoms with E-state index in [-0.39, 0.29) is 0 Å². The fourth-order valence-corrected chi connectivity index (χ4v) is 3.91. The van der Waals surface area contributed by atoms with E-state index in [9.17, 15) is 0 Å². The Bertz CT molecular complexity index is 420. The van der Waals surface area contributed by atoms with Crippen LogP contribution in [0, 0.1) is 0 Å². The molecule has 0 aliphatic carbocycles. The maximum absolute atomic E-state index is 5.81. The van der Waals surface area contributed by atoms with Gasteiger partial charge < -0.3 is 15.0 Å². The average molecular weight is 311 g/mol. The Morgan fingerprint density at radius 1 is 1.38 bits per heavy atom. The van der Waals surface area contributed by atoms with Crippen LogP contribution < -0.4 is 10.2 Å². The van der Waals surface area contributed by atoms with Gasteiger partial charge in [-0.05, 0) is 32.7 Å². The maximum atomic E-state index is 5.81. The number of nitrogens with zero attached hydrogens (tertiary/aromatic N) is 2. The van der Waals surface area contributed by atoms with Crippen molar-refractivity contribution in [2.75, 3.05) is 31.1 Å². The molecule has 1 atom stereocenters. The lowest BCUT2D eigenvalue weighted by atomic mass is 10.1. The van der Waals surface area contributed by atoms with E-state index in [1.54, 1.807) is 0 Å². The molecule has 120 valence electrons. The molecule has 1 aliphatic rings. The number of nitrogens with one attached hydrogen (secondary N) is 1. The Hall–Kier alpha value is -0.650. The first-order valence-electron chi connectivity index (χ1n) is 8.34. The summed E-state index contributed by atoms with van der Waals surface area (Å²) in [6.07, 6.45) is 5.00. The molecule has 0 spiro atoms. The molecule has 1 fully saturated rings. The molecule has 1 N–H and O–H groups in total. The molecule has 0 amide bonds. The van der Waals surface area contributed by atoms with Crippen molar-refractivity contribution in [1.29, 1.82) is 0 Å². The molecule has 4 nitrogen and oxygen atoms in total. The Balaban J connectivity index is 2.07. The van der Waals surface area contributed by atoms with E-state index in [2.05, 4.69) is 31.0 Å². The molecule has 2 rings (SSSR count). The fourth-order valence-electron chi connectivity index (χ4n) is 2.80. The smallest absolute Gasteiger partial charge is 0.185 e. The second kappa shape index (κ2) is 8.71. The summed E-state index contributed by atoms with van der Waals surface area (Å²) in [6, 6.07) is 0. The summed E-state index contributed by atoms with van der Waals surface area (Å²) in [5.41, 5.74) is 1.29. The molecular formula is C16H29N3OS. The van der Waals surface area contributed by atoms with Gasteiger partial charge in [-0.25, -0.2) is 4.98 Å². The maximum Gasteiger partial charge on any atom is 0.185 e. The number of rotatable bonds is 8. The molecule has 0 radical (unpaired) electrons. The SMILES string of the molecule is CCCc1nc(N2CCCC(OCC)C2)sc1CNCC. The van der Waals surface area contributed by atoms with Crippen LogP contribution in [0.2, 0.25) is 0 Å². The van der Waals surface area contributed by atoms with Crippen LogP contribution in [0.25, 0.3) is 0 Å². The number of aryl methyl sites for hydroxylation is 1. The first-order valence-corrected chi connectivity index (χ1v) is 9.15. The van der Waals surface area contributed by atoms with Crippen molar-refractivity contribution in [2.45, 2.75) is 59.1 Å². The standard InChI is InChI=1S/C16H29N3OS/c1-4-8-14-15(11-17-5-2)21-16(18-14)19-10-7-9-13(12-19)20-6-3/h13,17H,4-12H2,1-3H3. The highest BCUT2D eigenvalue weighted by Gasteiger charge is 2.23. The monoisotopic (exact) mass is 311 g/mol. The zero-order valence-corrected chi connectivity index (χ0v) is 14.5. The lowest BCUT2D eigenvalue weighted by Gasteiger charge is -2.32. The highest BCUT2D eigenvalue weighted by atomic mass is 32.1. The van der Waals surface area contributed by atoms with E-state index < -0.39 is 0 Å². The van der Waals surface area contributed by atoms with Crippen molar-refractivity contribution < 1.29 is 4.74 Å². The Labute approximate surface area is 132 Å². The minimum Gasteiger partial charge on any atom is -0.377 e. The van der Waals surface area contributed by atoms with Gasteiger partial charge in [-0.2, -0.15) is 0 Å². The summed E-state index contributed by atoms with van der Waals surface area (Å²) in [6.45, 7) is 11.3. The van der Waals surface area contributed by atoms with Gasteiger partial charge in [-0.3, -0.25) is 0 Å². The number of anilines is 1. The zero-order chi connectivity index (χ0) is 15.1. The van der Waals surface area contributed by atoms with Crippen molar-refractivity contribution >= 4 is 16.5 Å². The number of aromatic nitrogens is 1. The Morgan fingerprint density at radius 2 is 2.24 bits per heavy atom. The van der Waals surface area contributed by atoms with Crippen molar-refractivity contribution in [3.8, 4) is 0 Å². The van der Waals surface area contributed by atoms with E-state index in [0.717, 1.165) is 45.6 Å². The molecule has 1 saturated heterocycles. The molecule has 0 bridgehead atoms. The Morgan fingerprint density at radius 3 is 2.95 bits per heavy atom. The topological polar surface area (TPSA) is 37.4 Å². The van der Waals surface area contributed by atoms with Crippen LogP contribution in [-0.4, -0.2) is 37.3 Å². The number of hydrogen-bond acceptors (Lipinski definition) is 5. The van der Waals surface area contributed by atoms with Crippen molar-refractivity contribution in [1.82, 2.24) is 10.3 Å². The number of piperidine rings is 1. The molecule has 1 aromatic rings. The first kappa shape index (κ1) is 16.7. The normalized spacial score (nSPS) is 19.2. The third-order valence-corrected chi connectivity index (χ3v) is 5.00. The summed E-state index contributed by atoms with van der Waals surface area (Å²) in [4.78, 5) is 8.75. The minimum atomic E-state index is 0.375. The van der Waals surface area contributed by atoms with Gasteiger partial charge in [-0.1, -0.05) is 20.3 Å². The molecule has 1 aliphatic heterocycles. The third kappa shape index (κ3) is 4.66. The molecule has 2 heterocycles. The summed E-state index contributed by atoms with van der Waals surface area (Å²) in [5, 5.41) is 4.63. The number of hydrogen-bond donors (Lipinski definition) is 1. The highest BCUT2D eigenvalue weighted by Crippen LogP contribution is 2.30. The van der Waals surface area contributed by atoms with Gasteiger partial charge in [0.2, 0.25) is 0 Å². The van der Waals surface area contributed by atoms with Crippen LogP contribution in [0.5, 0.6) is 0 Å². The first-order chi connectivity index (χ1) is 10.3. The van der Waals surface area contributed by atoms with Crippen LogP contribution in [0.3, 0.4) is 0 Å². The van der Waals surface area contributed by atoms with Crippen molar-refractivity contribution in [3.63, 3.8) is 0 Å². The van der Waals surface area contributed by atoms with Gasteiger partial charge in [0.1, 0.15) is 0 Å². The van der Waals surface area contributed by atoms with Crippen LogP contribution in [-0.2, 0) is 17.7 Å². The molecule has 1 unspecified atom stereocenters. The molecule has 0 saturated carbocycles. The lowest BCUT2D eigenvalue weighted by Crippen LogP contribution is -2.39. The minimum absolute atomic E-state index is 0.375. The summed E-state index contributed by atoms with van der Waals surface area (Å²) in [7, 11) is 0. The predicted molar refractivity (Wildman–Crippen MR) is 90.4 cm³/mol. The second-order valence-electron chi connectivity index (χ2n) is 5.56. The molecule has 21 heavy (non-hydrogen) atoms. The second-order valence-corrected chi connectivity index (χ2v) is 6.62. The van der Waals surface area contributed by atoms with Gasteiger partial charge in [0.05, 0.1) is 11.8 Å². The number of ether oxygens (including phenoxy) is 1. The van der Waals surface area contributed by atoms with E-state index in [4.69, 9.17) is 9.72 Å². The van der Waals surface area contributed by atoms with E-state index in [1.165, 1.54) is 28.5 Å². The molecule has 0 aromatic carbocycles. The fraction of sp³-hybridized carbons (Fsp3) is 0.812. The van der Waals surface area contributed by atoms with Crippen molar-refractivity contribution in [2.24, 2.45) is 0 Å². The van der Waals surface area contributed by atoms with Crippen LogP contribution in [0.4, 0.5) is 5.13 Å². The Kier molecular flexibility index (Phi) is 6.93. The van der Waals surface area contributed by atoms with Gasteiger partial charge in [0.25, 0.3) is 0 Å². The summed E-state index contributed by atoms with van der Waals surface area (Å²) >= 11 is 1.86. The quantitative estimate of drug-likeness (QED) is 0.800.